The SMILES string of the molecule is Cl.O=C(Nc1ccc(OC(F)F)cc1)C1(n2cccn2)CCNCC1. The molecular weight excluding hydrogens is 354 g/mol. The molecule has 1 aliphatic heterocycles. The third-order valence-electron chi connectivity index (χ3n) is 4.13. The number of hydrogen-bond acceptors (Lipinski definition) is 4. The van der Waals surface area contributed by atoms with Gasteiger partial charge in [0, 0.05) is 18.1 Å². The van der Waals surface area contributed by atoms with Crippen LogP contribution in [0.5, 0.6) is 5.75 Å². The minimum atomic E-state index is -2.87. The Balaban J connectivity index is 0.00000225. The smallest absolute Gasteiger partial charge is 0.387 e. The summed E-state index contributed by atoms with van der Waals surface area (Å²) in [7, 11) is 0. The molecular formula is C16H19ClF2N4O2. The zero-order valence-corrected chi connectivity index (χ0v) is 14.1. The first kappa shape index (κ1) is 19.1. The molecule has 0 aliphatic carbocycles. The van der Waals surface area contributed by atoms with Crippen molar-refractivity contribution in [3.63, 3.8) is 0 Å². The lowest BCUT2D eigenvalue weighted by Gasteiger charge is -2.36. The third-order valence-corrected chi connectivity index (χ3v) is 4.13. The monoisotopic (exact) mass is 372 g/mol. The third kappa shape index (κ3) is 4.26. The predicted octanol–water partition coefficient (Wildman–Crippen LogP) is 2.62. The van der Waals surface area contributed by atoms with Gasteiger partial charge < -0.3 is 15.4 Å². The quantitative estimate of drug-likeness (QED) is 0.846. The molecule has 0 unspecified atom stereocenters. The average Bonchev–Trinajstić information content (AvgIpc) is 3.12. The Hall–Kier alpha value is -2.19. The summed E-state index contributed by atoms with van der Waals surface area (Å²) >= 11 is 0. The van der Waals surface area contributed by atoms with Crippen molar-refractivity contribution < 1.29 is 18.3 Å². The Morgan fingerprint density at radius 1 is 1.28 bits per heavy atom. The van der Waals surface area contributed by atoms with Gasteiger partial charge in [-0.05, 0) is 56.3 Å². The van der Waals surface area contributed by atoms with E-state index in [0.29, 0.717) is 31.6 Å². The highest BCUT2D eigenvalue weighted by atomic mass is 35.5. The Kier molecular flexibility index (Phi) is 6.33. The predicted molar refractivity (Wildman–Crippen MR) is 91.3 cm³/mol. The topological polar surface area (TPSA) is 68.2 Å². The number of nitrogens with zero attached hydrogens (tertiary/aromatic N) is 2. The first-order valence-electron chi connectivity index (χ1n) is 7.67. The molecule has 0 atom stereocenters. The first-order chi connectivity index (χ1) is 11.6. The van der Waals surface area contributed by atoms with E-state index in [4.69, 9.17) is 0 Å². The van der Waals surface area contributed by atoms with Gasteiger partial charge >= 0.3 is 6.61 Å². The van der Waals surface area contributed by atoms with Crippen LogP contribution in [0.25, 0.3) is 0 Å². The van der Waals surface area contributed by atoms with Crippen molar-refractivity contribution in [3.05, 3.63) is 42.7 Å². The van der Waals surface area contributed by atoms with Crippen molar-refractivity contribution in [1.29, 1.82) is 0 Å². The number of amides is 1. The van der Waals surface area contributed by atoms with Crippen LogP contribution in [0.3, 0.4) is 0 Å². The van der Waals surface area contributed by atoms with E-state index in [1.165, 1.54) is 24.3 Å². The molecule has 1 aromatic heterocycles. The maximum absolute atomic E-state index is 12.9. The molecule has 136 valence electrons. The molecule has 3 rings (SSSR count). The molecule has 6 nitrogen and oxygen atoms in total. The zero-order valence-electron chi connectivity index (χ0n) is 13.3. The highest BCUT2D eigenvalue weighted by Gasteiger charge is 2.42. The standard InChI is InChI=1S/C16H18F2N4O2.ClH/c17-15(18)24-13-4-2-12(3-5-13)21-14(23)16(6-9-19-10-7-16)22-11-1-8-20-22;/h1-5,8,11,15,19H,6-7,9-10H2,(H,21,23);1H. The highest BCUT2D eigenvalue weighted by Crippen LogP contribution is 2.29. The van der Waals surface area contributed by atoms with Crippen molar-refractivity contribution in [1.82, 2.24) is 15.1 Å². The second-order valence-electron chi connectivity index (χ2n) is 5.59. The number of nitrogens with one attached hydrogen (secondary N) is 2. The summed E-state index contributed by atoms with van der Waals surface area (Å²) in [5.74, 6) is -0.123. The fourth-order valence-electron chi connectivity index (χ4n) is 2.89. The Bertz CT molecular complexity index is 674. The van der Waals surface area contributed by atoms with Gasteiger partial charge in [0.25, 0.3) is 5.91 Å². The van der Waals surface area contributed by atoms with E-state index in [-0.39, 0.29) is 24.1 Å². The number of anilines is 1. The molecule has 1 fully saturated rings. The van der Waals surface area contributed by atoms with Gasteiger partial charge in [-0.2, -0.15) is 13.9 Å². The maximum Gasteiger partial charge on any atom is 0.387 e. The van der Waals surface area contributed by atoms with Crippen LogP contribution in [0.2, 0.25) is 0 Å². The van der Waals surface area contributed by atoms with Gasteiger partial charge in [-0.1, -0.05) is 0 Å². The Morgan fingerprint density at radius 3 is 2.52 bits per heavy atom. The van der Waals surface area contributed by atoms with E-state index in [2.05, 4.69) is 20.5 Å². The average molecular weight is 373 g/mol. The number of carbonyl (C=O) groups is 1. The van der Waals surface area contributed by atoms with Crippen molar-refractivity contribution in [2.75, 3.05) is 18.4 Å². The van der Waals surface area contributed by atoms with E-state index >= 15 is 0 Å². The van der Waals surface area contributed by atoms with Crippen LogP contribution in [0, 0.1) is 0 Å². The van der Waals surface area contributed by atoms with Crippen LogP contribution < -0.4 is 15.4 Å². The molecule has 9 heteroatoms. The van der Waals surface area contributed by atoms with Gasteiger partial charge in [-0.3, -0.25) is 9.48 Å². The number of rotatable bonds is 5. The summed E-state index contributed by atoms with van der Waals surface area (Å²) in [5, 5.41) is 10.3. The molecule has 0 bridgehead atoms. The van der Waals surface area contributed by atoms with Crippen molar-refractivity contribution >= 4 is 24.0 Å². The second kappa shape index (κ2) is 8.26. The van der Waals surface area contributed by atoms with E-state index in [0.717, 1.165) is 0 Å². The fraction of sp³-hybridized carbons (Fsp3) is 0.375. The van der Waals surface area contributed by atoms with Gasteiger partial charge in [0.05, 0.1) is 0 Å². The van der Waals surface area contributed by atoms with Crippen LogP contribution in [-0.2, 0) is 10.3 Å². The van der Waals surface area contributed by atoms with Gasteiger partial charge in [-0.25, -0.2) is 0 Å². The maximum atomic E-state index is 12.9. The second-order valence-corrected chi connectivity index (χ2v) is 5.59. The largest absolute Gasteiger partial charge is 0.435 e. The minimum absolute atomic E-state index is 0. The number of alkyl halides is 2. The van der Waals surface area contributed by atoms with Crippen molar-refractivity contribution in [2.45, 2.75) is 25.0 Å². The molecule has 1 amide bonds. The van der Waals surface area contributed by atoms with Gasteiger partial charge in [0.2, 0.25) is 0 Å². The molecule has 25 heavy (non-hydrogen) atoms. The van der Waals surface area contributed by atoms with Crippen LogP contribution >= 0.6 is 12.4 Å². The minimum Gasteiger partial charge on any atom is -0.435 e. The molecule has 1 aromatic carbocycles. The molecule has 2 heterocycles. The molecule has 0 spiro atoms. The molecule has 0 radical (unpaired) electrons. The summed E-state index contributed by atoms with van der Waals surface area (Å²) in [6, 6.07) is 7.64. The normalized spacial score (nSPS) is 16.1. The Morgan fingerprint density at radius 2 is 1.96 bits per heavy atom. The van der Waals surface area contributed by atoms with Gasteiger partial charge in [-0.15, -0.1) is 12.4 Å². The Labute approximate surface area is 150 Å². The van der Waals surface area contributed by atoms with Crippen molar-refractivity contribution in [3.8, 4) is 5.75 Å². The zero-order chi connectivity index (χ0) is 17.0. The lowest BCUT2D eigenvalue weighted by molar-refractivity contribution is -0.126. The molecule has 2 N–H and O–H groups in total. The fourth-order valence-corrected chi connectivity index (χ4v) is 2.89. The number of halogens is 3. The van der Waals surface area contributed by atoms with Crippen LogP contribution in [0.1, 0.15) is 12.8 Å². The summed E-state index contributed by atoms with van der Waals surface area (Å²) in [4.78, 5) is 12.9. The van der Waals surface area contributed by atoms with E-state index in [1.54, 1.807) is 23.1 Å². The van der Waals surface area contributed by atoms with Crippen LogP contribution in [-0.4, -0.2) is 35.4 Å². The van der Waals surface area contributed by atoms with E-state index in [9.17, 15) is 13.6 Å². The lowest BCUT2D eigenvalue weighted by atomic mass is 9.87. The lowest BCUT2D eigenvalue weighted by Crippen LogP contribution is -2.52. The molecule has 0 saturated carbocycles. The van der Waals surface area contributed by atoms with Crippen molar-refractivity contribution in [2.24, 2.45) is 0 Å². The van der Waals surface area contributed by atoms with E-state index < -0.39 is 12.2 Å². The van der Waals surface area contributed by atoms with Crippen LogP contribution in [0.4, 0.5) is 14.5 Å². The van der Waals surface area contributed by atoms with Gasteiger partial charge in [0.1, 0.15) is 11.3 Å². The first-order valence-corrected chi connectivity index (χ1v) is 7.67. The number of hydrogen-bond donors (Lipinski definition) is 2. The van der Waals surface area contributed by atoms with Crippen LogP contribution in [0.15, 0.2) is 42.7 Å². The number of ether oxygens (including phenoxy) is 1. The summed E-state index contributed by atoms with van der Waals surface area (Å²) in [5.41, 5.74) is -0.237. The summed E-state index contributed by atoms with van der Waals surface area (Å²) in [6.45, 7) is -1.44. The number of carbonyl (C=O) groups excluding carboxylic acids is 1. The number of benzene rings is 1. The highest BCUT2D eigenvalue weighted by molar-refractivity contribution is 5.96. The summed E-state index contributed by atoms with van der Waals surface area (Å²) in [6.07, 6.45) is 4.66. The molecule has 2 aromatic rings. The summed E-state index contributed by atoms with van der Waals surface area (Å²) < 4.78 is 30.3. The van der Waals surface area contributed by atoms with E-state index in [1.807, 2.05) is 0 Å². The number of piperidine rings is 1. The van der Waals surface area contributed by atoms with Gasteiger partial charge in [0.15, 0.2) is 0 Å². The molecule has 1 saturated heterocycles. The number of aromatic nitrogens is 2. The molecule has 1 aliphatic rings.